The Morgan fingerprint density at radius 1 is 0.441 bits per heavy atom. The molecule has 3 amide bonds. The second kappa shape index (κ2) is 51.0. The number of anilines is 4. The van der Waals surface area contributed by atoms with E-state index in [-0.39, 0.29) is 38.3 Å². The van der Waals surface area contributed by atoms with E-state index in [1.807, 2.05) is 150 Å². The zero-order chi connectivity index (χ0) is 96.3. The Kier molecular flexibility index (Phi) is 38.7. The molecule has 0 saturated heterocycles. The first-order valence-corrected chi connectivity index (χ1v) is 56.6. The topological polar surface area (TPSA) is 469 Å². The number of carbonyl (C=O) groups excluding carboxylic acids is 2. The minimum absolute atomic E-state index is 0.00504. The lowest BCUT2D eigenvalue weighted by Gasteiger charge is -2.11. The Labute approximate surface area is 829 Å². The standard InChI is InChI=1S/C25H29N5O2S3.C24H27N5O3S3.C22H24N4O2S3.C22H22N3O6PS3/c1-4-5-12-35(32)25-22(26)21-18(13-19(29-24(21)34-25)23-27-10-11-33-23)17-8-6-16(7-9-17)14-28-20(31)15-30(2)3;1-2-3-12-35(32)23-20(25)19-17(13-18(29-22(19)34-23)21-26-9-11-33-21)16-6-4-15(5-7-16)14-28-24(31)27-8-10-30;1-2-3-12-31(27)22-19(24)18-16(14-4-6-15(7-5-14)28-10-8-23)13-17(26-21(18)30-22)20-25-9-11-29-20;1-2-3-12-35(28)22-19(23)18-16(13-17(25-21(18)34-22)20-24-8-11-33-20)14-4-6-15(7-5-14)29-9-10-30-31-32(26)27/h6-11,13H,4-5,12,14-15,26H2,1-3H3,(H,28,31);4-7,9,11,13,30H,2-3,8,10,12,14,25H2,1H3,(H2,27,28,31);4-7,9,11,13H,2-3,8,10,12,23-24H2,1H3;4-8,11,13H,2-3,9-10,12,23H2,1H3/p+1. The van der Waals surface area contributed by atoms with Gasteiger partial charge < -0.3 is 64.1 Å². The van der Waals surface area contributed by atoms with Gasteiger partial charge in [0.25, 0.3) is 0 Å². The molecule has 5 atom stereocenters. The fourth-order valence-electron chi connectivity index (χ4n) is 13.8. The number of unbranched alkanes of at least 4 members (excludes halogenated alkanes) is 4. The molecular formula is C93H103N17O13PS12+. The van der Waals surface area contributed by atoms with Crippen LogP contribution in [0.1, 0.15) is 90.2 Å². The molecular weight excluding hydrogens is 1980 g/mol. The largest absolute Gasteiger partial charge is 0.725 e. The lowest BCUT2D eigenvalue weighted by Crippen LogP contribution is -2.36. The molecule has 12 aromatic heterocycles. The number of nitrogen functional groups attached to an aromatic ring is 4. The third kappa shape index (κ3) is 26.8. The van der Waals surface area contributed by atoms with E-state index in [0.717, 1.165) is 196 Å². The molecule has 16 aromatic rings. The summed E-state index contributed by atoms with van der Waals surface area (Å²) in [5.41, 5.74) is 46.4. The van der Waals surface area contributed by atoms with Gasteiger partial charge in [0.15, 0.2) is 0 Å². The molecule has 30 nitrogen and oxygen atoms in total. The van der Waals surface area contributed by atoms with E-state index in [9.17, 15) is 31.0 Å². The number of aliphatic hydroxyl groups is 1. The van der Waals surface area contributed by atoms with Crippen molar-refractivity contribution in [3.8, 4) is 98.8 Å². The number of nitrogens with one attached hydrogen (secondary N) is 3. The summed E-state index contributed by atoms with van der Waals surface area (Å²) in [7, 11) is -3.72. The third-order valence-electron chi connectivity index (χ3n) is 20.4. The highest BCUT2D eigenvalue weighted by molar-refractivity contribution is 7.88. The number of nitrogens with two attached hydrogens (primary N) is 5. The summed E-state index contributed by atoms with van der Waals surface area (Å²) in [6, 6.07) is 38.8. The number of nitrogens with zero attached hydrogens (tertiary/aromatic N) is 9. The van der Waals surface area contributed by atoms with E-state index in [1.165, 1.54) is 90.7 Å². The monoisotopic (exact) mass is 2080 g/mol. The van der Waals surface area contributed by atoms with Gasteiger partial charge in [-0.2, -0.15) is 4.89 Å². The number of thiazole rings is 4. The Balaban J connectivity index is 0.000000154. The number of fused-ring (bicyclic) bond motifs is 4. The normalized spacial score (nSPS) is 12.4. The summed E-state index contributed by atoms with van der Waals surface area (Å²) in [5, 5.41) is 31.3. The second-order valence-corrected chi connectivity index (χ2v) is 45.8. The van der Waals surface area contributed by atoms with Crippen LogP contribution in [0.2, 0.25) is 0 Å². The van der Waals surface area contributed by atoms with Gasteiger partial charge in [-0.15, -0.1) is 95.6 Å². The second-order valence-electron chi connectivity index (χ2n) is 30.5. The van der Waals surface area contributed by atoms with Gasteiger partial charge in [0.2, 0.25) is 5.91 Å². The van der Waals surface area contributed by atoms with Crippen molar-refractivity contribution in [3.05, 3.63) is 179 Å². The number of pyridine rings is 4. The van der Waals surface area contributed by atoms with Crippen molar-refractivity contribution < 1.29 is 60.0 Å². The van der Waals surface area contributed by atoms with E-state index in [2.05, 4.69) is 73.1 Å². The quantitative estimate of drug-likeness (QED) is 0.00736. The van der Waals surface area contributed by atoms with Crippen molar-refractivity contribution in [1.82, 2.24) is 60.7 Å². The first-order valence-electron chi connectivity index (χ1n) is 43.4. The summed E-state index contributed by atoms with van der Waals surface area (Å²) in [4.78, 5) is 78.6. The number of amides is 3. The van der Waals surface area contributed by atoms with E-state index >= 15 is 0 Å². The van der Waals surface area contributed by atoms with Crippen LogP contribution in [0.5, 0.6) is 11.5 Å². The molecule has 0 saturated carbocycles. The maximum Gasteiger partial charge on any atom is 0.725 e. The number of rotatable bonds is 41. The molecule has 136 heavy (non-hydrogen) atoms. The smallest absolute Gasteiger partial charge is 0.492 e. The van der Waals surface area contributed by atoms with Crippen molar-refractivity contribution in [2.24, 2.45) is 5.73 Å². The van der Waals surface area contributed by atoms with Gasteiger partial charge in [0.05, 0.1) is 83.8 Å². The maximum absolute atomic E-state index is 13.0. The summed E-state index contributed by atoms with van der Waals surface area (Å²) < 4.78 is 80.2. The predicted molar refractivity (Wildman–Crippen MR) is 562 cm³/mol. The minimum Gasteiger partial charge on any atom is -0.492 e. The van der Waals surface area contributed by atoms with Gasteiger partial charge in [-0.25, -0.2) is 44.7 Å². The van der Waals surface area contributed by atoms with Crippen LogP contribution in [0, 0.1) is 0 Å². The van der Waals surface area contributed by atoms with E-state index < -0.39 is 51.5 Å². The Hall–Kier alpha value is -10.2. The van der Waals surface area contributed by atoms with E-state index in [1.54, 1.807) is 36.9 Å². The Bertz CT molecular complexity index is 6790. The molecule has 12 heterocycles. The Morgan fingerprint density at radius 3 is 1.03 bits per heavy atom. The van der Waals surface area contributed by atoms with Crippen molar-refractivity contribution in [2.75, 3.05) is 106 Å². The Morgan fingerprint density at radius 2 is 0.750 bits per heavy atom. The molecule has 16 rings (SSSR count). The molecule has 0 spiro atoms. The number of ether oxygens (including phenoxy) is 2. The van der Waals surface area contributed by atoms with Gasteiger partial charge in [0.1, 0.15) is 110 Å². The average Bonchev–Trinajstić information content (AvgIpc) is 1.61. The number of aromatic nitrogens is 8. The van der Waals surface area contributed by atoms with E-state index in [0.29, 0.717) is 101 Å². The fraction of sp³-hybridized carbons (Fsp3) is 0.290. The zero-order valence-corrected chi connectivity index (χ0v) is 85.9. The highest BCUT2D eigenvalue weighted by atomic mass is 32.2. The average molecular weight is 2080 g/mol. The molecule has 0 fully saturated rings. The minimum atomic E-state index is -2.81. The number of hydrogen-bond acceptors (Lipinski definition) is 34. The van der Waals surface area contributed by atoms with Crippen LogP contribution in [0.25, 0.3) is 128 Å². The fourth-order valence-corrected chi connectivity index (χ4v) is 27.5. The van der Waals surface area contributed by atoms with Crippen molar-refractivity contribution in [2.45, 2.75) is 109 Å². The summed E-state index contributed by atoms with van der Waals surface area (Å²) in [5.74, 6) is 3.69. The summed E-state index contributed by atoms with van der Waals surface area (Å²) >= 11 is 11.7. The number of carbonyl (C=O) groups is 2. The lowest BCUT2D eigenvalue weighted by molar-refractivity contribution is -0.211. The van der Waals surface area contributed by atoms with E-state index in [4.69, 9.17) is 68.1 Å². The van der Waals surface area contributed by atoms with Crippen LogP contribution >= 0.6 is 98.9 Å². The SMILES string of the molecule is CCCCS(=O)c1sc2nc(-c3nccs3)cc(-c3ccc(CNC(=O)CN(C)C)cc3)c2c1N.CCCCS(=O)c1sc2nc(-c3nccs3)cc(-c3ccc(CNC(=O)NCCO)cc3)c2c1N.CCCCS(=O)c1sc2nc(-c3nccs3)cc(-c3ccc(OCCN)cc3)c2c1N.CCCCS(=O)c1sc2nc(-c3nccs3)cc(-c3ccc(OCCOO[P+](=O)O)cc3)c2c1N. The molecule has 5 unspecified atom stereocenters. The maximum atomic E-state index is 13.0. The van der Waals surface area contributed by atoms with Crippen LogP contribution in [-0.2, 0) is 75.2 Å². The van der Waals surface area contributed by atoms with Crippen molar-refractivity contribution in [1.29, 1.82) is 0 Å². The number of thiophene rings is 4. The van der Waals surface area contributed by atoms with Gasteiger partial charge >= 0.3 is 14.3 Å². The van der Waals surface area contributed by atoms with Crippen LogP contribution in [0.15, 0.2) is 184 Å². The molecule has 714 valence electrons. The van der Waals surface area contributed by atoms with Crippen molar-refractivity contribution >= 4 is 218 Å². The highest BCUT2D eigenvalue weighted by Gasteiger charge is 2.28. The number of aliphatic hydroxyl groups excluding tert-OH is 1. The van der Waals surface area contributed by atoms with Gasteiger partial charge in [0, 0.05) is 122 Å². The molecule has 0 bridgehead atoms. The molecule has 0 aliphatic carbocycles. The highest BCUT2D eigenvalue weighted by Crippen LogP contribution is 2.49. The number of likely N-dealkylation sites (N-methyl/N-ethyl adjacent to an activating group) is 1. The van der Waals surface area contributed by atoms with Gasteiger partial charge in [-0.3, -0.25) is 21.6 Å². The molecule has 0 radical (unpaired) electrons. The summed E-state index contributed by atoms with van der Waals surface area (Å²) in [6.07, 6.45) is 14.4. The number of urea groups is 1. The van der Waals surface area contributed by atoms with Crippen molar-refractivity contribution in [3.63, 3.8) is 0 Å². The molecule has 4 aromatic carbocycles. The van der Waals surface area contributed by atoms with Crippen LogP contribution in [-0.4, -0.2) is 167 Å². The van der Waals surface area contributed by atoms with Gasteiger partial charge in [-0.1, -0.05) is 126 Å². The third-order valence-corrected chi connectivity index (χ3v) is 35.8. The van der Waals surface area contributed by atoms with Crippen LogP contribution < -0.4 is 54.1 Å². The lowest BCUT2D eigenvalue weighted by atomic mass is 10.0. The number of benzene rings is 4. The zero-order valence-electron chi connectivity index (χ0n) is 75.2. The first-order chi connectivity index (χ1) is 66.0. The van der Waals surface area contributed by atoms with Crippen LogP contribution in [0.4, 0.5) is 27.5 Å². The molecule has 15 N–H and O–H groups in total. The predicted octanol–water partition coefficient (Wildman–Crippen LogP) is 19.6. The number of hydrogen-bond donors (Lipinski definition) is 10. The van der Waals surface area contributed by atoms with Crippen LogP contribution in [0.3, 0.4) is 0 Å². The molecule has 0 aliphatic rings. The van der Waals surface area contributed by atoms with Gasteiger partial charge in [-0.05, 0) is 144 Å². The summed E-state index contributed by atoms with van der Waals surface area (Å²) in [6.45, 7) is 10.7. The molecule has 0 aliphatic heterocycles. The molecule has 43 heteroatoms. The first kappa shape index (κ1) is 103.